The second-order valence-corrected chi connectivity index (χ2v) is 6.62. The van der Waals surface area contributed by atoms with Crippen LogP contribution >= 0.6 is 0 Å². The van der Waals surface area contributed by atoms with Crippen molar-refractivity contribution in [2.45, 2.75) is 32.2 Å². The van der Waals surface area contributed by atoms with E-state index >= 15 is 0 Å². The first-order valence-electron chi connectivity index (χ1n) is 8.23. The van der Waals surface area contributed by atoms with Crippen molar-refractivity contribution in [1.29, 1.82) is 0 Å². The van der Waals surface area contributed by atoms with Gasteiger partial charge in [0.1, 0.15) is 0 Å². The van der Waals surface area contributed by atoms with Crippen molar-refractivity contribution >= 4 is 11.8 Å². The second kappa shape index (κ2) is 6.48. The molecule has 0 heterocycles. The molecule has 0 bridgehead atoms. The third-order valence-corrected chi connectivity index (χ3v) is 4.74. The Balaban J connectivity index is 1.60. The van der Waals surface area contributed by atoms with Crippen LogP contribution in [-0.4, -0.2) is 17.9 Å². The first-order chi connectivity index (χ1) is 11.5. The maximum atomic E-state index is 12.3. The molecule has 1 saturated carbocycles. The van der Waals surface area contributed by atoms with Crippen molar-refractivity contribution in [3.05, 3.63) is 70.8 Å². The summed E-state index contributed by atoms with van der Waals surface area (Å²) in [5, 5.41) is 3.07. The quantitative estimate of drug-likeness (QED) is 0.888. The molecule has 1 fully saturated rings. The minimum atomic E-state index is -0.491. The van der Waals surface area contributed by atoms with Gasteiger partial charge in [0.25, 0.3) is 5.91 Å². The SMILES string of the molecule is Cc1cccc([C@@H]2C[C@@H]2[C@@H](C)NC(=O)c2ccc(C(N)=O)cc2)c1. The molecule has 24 heavy (non-hydrogen) atoms. The van der Waals surface area contributed by atoms with Crippen molar-refractivity contribution in [2.75, 3.05) is 0 Å². The molecule has 0 aromatic heterocycles. The fourth-order valence-corrected chi connectivity index (χ4v) is 3.23. The van der Waals surface area contributed by atoms with Crippen LogP contribution in [0.1, 0.15) is 51.1 Å². The highest BCUT2D eigenvalue weighted by Gasteiger charge is 2.42. The van der Waals surface area contributed by atoms with Gasteiger partial charge in [0, 0.05) is 17.2 Å². The predicted molar refractivity (Wildman–Crippen MR) is 93.9 cm³/mol. The highest BCUT2D eigenvalue weighted by molar-refractivity contribution is 5.97. The average Bonchev–Trinajstić information content (AvgIpc) is 3.35. The third-order valence-electron chi connectivity index (χ3n) is 4.74. The van der Waals surface area contributed by atoms with Gasteiger partial charge in [-0.15, -0.1) is 0 Å². The van der Waals surface area contributed by atoms with Gasteiger partial charge in [-0.2, -0.15) is 0 Å². The van der Waals surface area contributed by atoms with E-state index in [4.69, 9.17) is 5.73 Å². The number of carbonyl (C=O) groups is 2. The first-order valence-corrected chi connectivity index (χ1v) is 8.23. The maximum absolute atomic E-state index is 12.3. The minimum absolute atomic E-state index is 0.110. The number of benzene rings is 2. The Morgan fingerprint density at radius 1 is 1.12 bits per heavy atom. The van der Waals surface area contributed by atoms with Crippen LogP contribution in [0.4, 0.5) is 0 Å². The van der Waals surface area contributed by atoms with Gasteiger partial charge in [-0.05, 0) is 61.9 Å². The minimum Gasteiger partial charge on any atom is -0.366 e. The van der Waals surface area contributed by atoms with Crippen LogP contribution in [0, 0.1) is 12.8 Å². The Kier molecular flexibility index (Phi) is 4.38. The molecule has 0 unspecified atom stereocenters. The fraction of sp³-hybridized carbons (Fsp3) is 0.300. The number of aryl methyl sites for hydroxylation is 1. The zero-order valence-corrected chi connectivity index (χ0v) is 14.0. The van der Waals surface area contributed by atoms with Crippen molar-refractivity contribution in [2.24, 2.45) is 11.7 Å². The molecule has 1 aliphatic rings. The van der Waals surface area contributed by atoms with Crippen molar-refractivity contribution in [3.8, 4) is 0 Å². The van der Waals surface area contributed by atoms with Crippen LogP contribution in [0.2, 0.25) is 0 Å². The van der Waals surface area contributed by atoms with Crippen LogP contribution in [0.5, 0.6) is 0 Å². The zero-order chi connectivity index (χ0) is 17.3. The van der Waals surface area contributed by atoms with Gasteiger partial charge in [-0.25, -0.2) is 0 Å². The van der Waals surface area contributed by atoms with Gasteiger partial charge in [0.2, 0.25) is 5.91 Å². The molecule has 3 atom stereocenters. The lowest BCUT2D eigenvalue weighted by atomic mass is 10.0. The summed E-state index contributed by atoms with van der Waals surface area (Å²) < 4.78 is 0. The predicted octanol–water partition coefficient (Wildman–Crippen LogP) is 3.02. The lowest BCUT2D eigenvalue weighted by molar-refractivity contribution is 0.0933. The zero-order valence-electron chi connectivity index (χ0n) is 14.0. The molecule has 0 aliphatic heterocycles. The average molecular weight is 322 g/mol. The van der Waals surface area contributed by atoms with E-state index in [1.807, 2.05) is 0 Å². The first kappa shape index (κ1) is 16.2. The standard InChI is InChI=1S/C20H22N2O2/c1-12-4-3-5-16(10-12)18-11-17(18)13(2)22-20(24)15-8-6-14(7-9-15)19(21)23/h3-10,13,17-18H,11H2,1-2H3,(H2,21,23)(H,22,24)/t13-,17-,18+/m1/s1. The van der Waals surface area contributed by atoms with E-state index in [9.17, 15) is 9.59 Å². The molecule has 0 radical (unpaired) electrons. The summed E-state index contributed by atoms with van der Waals surface area (Å²) in [5.74, 6) is 0.390. The van der Waals surface area contributed by atoms with Crippen molar-refractivity contribution < 1.29 is 9.59 Å². The van der Waals surface area contributed by atoms with Gasteiger partial charge in [-0.1, -0.05) is 29.8 Å². The molecule has 4 nitrogen and oxygen atoms in total. The molecule has 4 heteroatoms. The van der Waals surface area contributed by atoms with E-state index in [1.165, 1.54) is 11.1 Å². The largest absolute Gasteiger partial charge is 0.366 e. The smallest absolute Gasteiger partial charge is 0.251 e. The van der Waals surface area contributed by atoms with Crippen molar-refractivity contribution in [3.63, 3.8) is 0 Å². The summed E-state index contributed by atoms with van der Waals surface area (Å²) in [6.07, 6.45) is 1.10. The van der Waals surface area contributed by atoms with E-state index in [-0.39, 0.29) is 11.9 Å². The summed E-state index contributed by atoms with van der Waals surface area (Å²) in [6, 6.07) is 15.1. The number of nitrogens with one attached hydrogen (secondary N) is 1. The van der Waals surface area contributed by atoms with E-state index in [1.54, 1.807) is 24.3 Å². The molecule has 1 aliphatic carbocycles. The summed E-state index contributed by atoms with van der Waals surface area (Å²) in [6.45, 7) is 4.15. The Morgan fingerprint density at radius 3 is 2.42 bits per heavy atom. The molecule has 0 saturated heterocycles. The van der Waals surface area contributed by atoms with Gasteiger partial charge in [-0.3, -0.25) is 9.59 Å². The monoisotopic (exact) mass is 322 g/mol. The molecular weight excluding hydrogens is 300 g/mol. The van der Waals surface area contributed by atoms with Crippen LogP contribution in [0.3, 0.4) is 0 Å². The van der Waals surface area contributed by atoms with Crippen molar-refractivity contribution in [1.82, 2.24) is 5.32 Å². The topological polar surface area (TPSA) is 72.2 Å². The summed E-state index contributed by atoms with van der Waals surface area (Å²) in [7, 11) is 0. The van der Waals surface area contributed by atoms with Gasteiger partial charge in [0.15, 0.2) is 0 Å². The van der Waals surface area contributed by atoms with Gasteiger partial charge in [0.05, 0.1) is 0 Å². The van der Waals surface area contributed by atoms with Crippen LogP contribution in [0.25, 0.3) is 0 Å². The fourth-order valence-electron chi connectivity index (χ4n) is 3.23. The Hall–Kier alpha value is -2.62. The molecule has 2 aromatic carbocycles. The Labute approximate surface area is 142 Å². The molecular formula is C20H22N2O2. The Bertz CT molecular complexity index is 767. The molecule has 124 valence electrons. The third kappa shape index (κ3) is 3.48. The van der Waals surface area contributed by atoms with E-state index in [0.29, 0.717) is 23.0 Å². The lowest BCUT2D eigenvalue weighted by Crippen LogP contribution is -2.34. The highest BCUT2D eigenvalue weighted by atomic mass is 16.2. The van der Waals surface area contributed by atoms with E-state index in [2.05, 4.69) is 43.4 Å². The van der Waals surface area contributed by atoms with E-state index in [0.717, 1.165) is 6.42 Å². The van der Waals surface area contributed by atoms with Gasteiger partial charge < -0.3 is 11.1 Å². The number of primary amides is 1. The molecule has 2 aromatic rings. The number of hydrogen-bond donors (Lipinski definition) is 2. The molecule has 0 spiro atoms. The van der Waals surface area contributed by atoms with Gasteiger partial charge >= 0.3 is 0 Å². The second-order valence-electron chi connectivity index (χ2n) is 6.62. The highest BCUT2D eigenvalue weighted by Crippen LogP contribution is 2.49. The number of nitrogens with two attached hydrogens (primary N) is 1. The molecule has 2 amide bonds. The molecule has 3 rings (SSSR count). The number of amides is 2. The number of carbonyl (C=O) groups excluding carboxylic acids is 2. The maximum Gasteiger partial charge on any atom is 0.251 e. The summed E-state index contributed by atoms with van der Waals surface area (Å²) >= 11 is 0. The number of rotatable bonds is 5. The summed E-state index contributed by atoms with van der Waals surface area (Å²) in [4.78, 5) is 23.4. The van der Waals surface area contributed by atoms with E-state index < -0.39 is 5.91 Å². The lowest BCUT2D eigenvalue weighted by Gasteiger charge is -2.14. The van der Waals surface area contributed by atoms with Crippen LogP contribution < -0.4 is 11.1 Å². The summed E-state index contributed by atoms with van der Waals surface area (Å²) in [5.41, 5.74) is 8.78. The normalized spacial score (nSPS) is 20.2. The number of hydrogen-bond acceptors (Lipinski definition) is 2. The van der Waals surface area contributed by atoms with Crippen LogP contribution in [0.15, 0.2) is 48.5 Å². The van der Waals surface area contributed by atoms with Crippen LogP contribution in [-0.2, 0) is 0 Å². The molecule has 3 N–H and O–H groups in total. The Morgan fingerprint density at radius 2 is 1.79 bits per heavy atom.